The Bertz CT molecular complexity index is 704. The minimum absolute atomic E-state index is 0. The number of nitrogens with zero attached hydrogens (tertiary/aromatic N) is 2. The fourth-order valence-electron chi connectivity index (χ4n) is 1.99. The van der Waals surface area contributed by atoms with Crippen LogP contribution in [0.2, 0.25) is 0 Å². The second-order valence-corrected chi connectivity index (χ2v) is 4.54. The van der Waals surface area contributed by atoms with Crippen molar-refractivity contribution >= 4 is 11.5 Å². The van der Waals surface area contributed by atoms with E-state index >= 15 is 0 Å². The Morgan fingerprint density at radius 3 is 2.64 bits per heavy atom. The third-order valence-electron chi connectivity index (χ3n) is 3.18. The fourth-order valence-corrected chi connectivity index (χ4v) is 1.99. The smallest absolute Gasteiger partial charge is 0.311 e. The van der Waals surface area contributed by atoms with E-state index in [1.165, 1.54) is 25.3 Å². The number of ether oxygens (including phenoxy) is 1. The average molecular weight is 367 g/mol. The number of rotatable bonds is 5. The van der Waals surface area contributed by atoms with Crippen LogP contribution in [0.15, 0.2) is 42.6 Å². The second kappa shape index (κ2) is 7.65. The van der Waals surface area contributed by atoms with Crippen LogP contribution < -0.4 is 26.3 Å². The third-order valence-corrected chi connectivity index (χ3v) is 3.18. The Balaban J connectivity index is 0.00000242. The molecule has 0 bridgehead atoms. The summed E-state index contributed by atoms with van der Waals surface area (Å²) in [6, 6.07) is 9.83. The first kappa shape index (κ1) is 17.8. The number of hydrogen-bond acceptors (Lipinski definition) is 4. The van der Waals surface area contributed by atoms with Gasteiger partial charge in [-0.15, -0.1) is 0 Å². The van der Waals surface area contributed by atoms with E-state index in [1.54, 1.807) is 10.8 Å². The summed E-state index contributed by atoms with van der Waals surface area (Å²) in [7, 11) is 1.35. The molecular weight excluding hydrogens is 352 g/mol. The zero-order valence-corrected chi connectivity index (χ0v) is 13.7. The molecule has 0 amide bonds. The van der Waals surface area contributed by atoms with Crippen LogP contribution in [0.5, 0.6) is 5.75 Å². The highest BCUT2D eigenvalue weighted by Gasteiger charge is 2.20. The van der Waals surface area contributed by atoms with Gasteiger partial charge in [0.05, 0.1) is 12.0 Å². The minimum atomic E-state index is -0.559. The summed E-state index contributed by atoms with van der Waals surface area (Å²) in [6.45, 7) is 2.03. The summed E-state index contributed by atoms with van der Waals surface area (Å²) in [6.07, 6.45) is 1.80. The molecule has 0 N–H and O–H groups in total. The lowest BCUT2D eigenvalue weighted by molar-refractivity contribution is -0.689. The van der Waals surface area contributed by atoms with Crippen molar-refractivity contribution in [3.8, 4) is 5.75 Å². The number of aryl methyl sites for hydroxylation is 1. The molecule has 2 aromatic rings. The topological polar surface area (TPSA) is 73.3 Å². The van der Waals surface area contributed by atoms with Gasteiger partial charge in [0.1, 0.15) is 0 Å². The van der Waals surface area contributed by atoms with Gasteiger partial charge in [-0.3, -0.25) is 14.9 Å². The van der Waals surface area contributed by atoms with Gasteiger partial charge < -0.3 is 21.7 Å². The van der Waals surface area contributed by atoms with Gasteiger partial charge >= 0.3 is 5.69 Å². The van der Waals surface area contributed by atoms with Crippen LogP contribution in [0.25, 0.3) is 0 Å². The van der Waals surface area contributed by atoms with Crippen LogP contribution in [0.1, 0.15) is 16.1 Å². The summed E-state index contributed by atoms with van der Waals surface area (Å²) in [5, 5.41) is 11.0. The van der Waals surface area contributed by atoms with Crippen LogP contribution in [-0.4, -0.2) is 17.8 Å². The molecule has 0 radical (unpaired) electrons. The van der Waals surface area contributed by atoms with Crippen molar-refractivity contribution < 1.29 is 36.0 Å². The van der Waals surface area contributed by atoms with Gasteiger partial charge in [-0.1, -0.05) is 6.07 Å². The average Bonchev–Trinajstić information content (AvgIpc) is 2.48. The van der Waals surface area contributed by atoms with Crippen molar-refractivity contribution in [1.82, 2.24) is 0 Å². The molecule has 116 valence electrons. The van der Waals surface area contributed by atoms with Crippen molar-refractivity contribution in [3.63, 3.8) is 0 Å². The van der Waals surface area contributed by atoms with Crippen LogP contribution in [0.3, 0.4) is 0 Å². The van der Waals surface area contributed by atoms with Crippen LogP contribution in [0.4, 0.5) is 5.69 Å². The maximum absolute atomic E-state index is 12.3. The zero-order chi connectivity index (χ0) is 15.4. The Kier molecular flexibility index (Phi) is 6.18. The molecule has 7 heteroatoms. The molecule has 6 nitrogen and oxygen atoms in total. The van der Waals surface area contributed by atoms with Crippen LogP contribution >= 0.6 is 0 Å². The monoisotopic (exact) mass is 366 g/mol. The van der Waals surface area contributed by atoms with E-state index in [9.17, 15) is 14.9 Å². The normalized spacial score (nSPS) is 9.73. The van der Waals surface area contributed by atoms with Gasteiger partial charge in [-0.05, 0) is 12.1 Å². The van der Waals surface area contributed by atoms with Crippen molar-refractivity contribution in [2.24, 2.45) is 0 Å². The van der Waals surface area contributed by atoms with Gasteiger partial charge in [-0.25, -0.2) is 0 Å². The molecule has 1 heterocycles. The van der Waals surface area contributed by atoms with Gasteiger partial charge in [0.2, 0.25) is 12.3 Å². The van der Waals surface area contributed by atoms with Crippen LogP contribution in [-0.2, 0) is 6.54 Å². The highest BCUT2D eigenvalue weighted by molar-refractivity contribution is 5.96. The summed E-state index contributed by atoms with van der Waals surface area (Å²) >= 11 is 0. The number of ketones is 1. The SMILES string of the molecule is COc1ccc(C(=O)C[n+]2ccccc2C)cc1[N+](=O)[O-].[Br-]. The molecule has 1 aromatic carbocycles. The molecule has 0 fully saturated rings. The molecular formula is C15H15BrN2O4. The fraction of sp³-hybridized carbons (Fsp3) is 0.200. The zero-order valence-electron chi connectivity index (χ0n) is 12.2. The lowest BCUT2D eigenvalue weighted by Gasteiger charge is -2.04. The highest BCUT2D eigenvalue weighted by atomic mass is 79.9. The van der Waals surface area contributed by atoms with Gasteiger partial charge in [-0.2, -0.15) is 4.57 Å². The van der Waals surface area contributed by atoms with E-state index in [0.29, 0.717) is 5.56 Å². The molecule has 0 unspecified atom stereocenters. The largest absolute Gasteiger partial charge is 1.00 e. The highest BCUT2D eigenvalue weighted by Crippen LogP contribution is 2.27. The Labute approximate surface area is 138 Å². The van der Waals surface area contributed by atoms with Gasteiger partial charge in [0.15, 0.2) is 17.6 Å². The van der Waals surface area contributed by atoms with E-state index < -0.39 is 4.92 Å². The van der Waals surface area contributed by atoms with Crippen molar-refractivity contribution in [1.29, 1.82) is 0 Å². The number of nitro benzene ring substituents is 1. The Hall–Kier alpha value is -2.28. The second-order valence-electron chi connectivity index (χ2n) is 4.54. The van der Waals surface area contributed by atoms with E-state index in [2.05, 4.69) is 0 Å². The van der Waals surface area contributed by atoms with E-state index in [-0.39, 0.29) is 40.7 Å². The van der Waals surface area contributed by atoms with Crippen molar-refractivity contribution in [2.45, 2.75) is 13.5 Å². The number of nitro groups is 1. The minimum Gasteiger partial charge on any atom is -1.00 e. The molecule has 0 aliphatic rings. The lowest BCUT2D eigenvalue weighted by atomic mass is 10.1. The first-order valence-electron chi connectivity index (χ1n) is 6.33. The predicted molar refractivity (Wildman–Crippen MR) is 75.4 cm³/mol. The van der Waals surface area contributed by atoms with Crippen molar-refractivity contribution in [3.05, 3.63) is 64.0 Å². The number of halogens is 1. The summed E-state index contributed by atoms with van der Waals surface area (Å²) in [5.41, 5.74) is 1.02. The summed E-state index contributed by atoms with van der Waals surface area (Å²) in [4.78, 5) is 22.7. The standard InChI is InChI=1S/C15H15N2O4.BrH/c1-11-5-3-4-8-16(11)10-14(18)12-6-7-15(21-2)13(9-12)17(19)20;/h3-9H,10H2,1-2H3;1H/q+1;/p-1. The summed E-state index contributed by atoms with van der Waals surface area (Å²) < 4.78 is 6.71. The Morgan fingerprint density at radius 2 is 2.05 bits per heavy atom. The first-order valence-corrected chi connectivity index (χ1v) is 6.33. The summed E-state index contributed by atoms with van der Waals surface area (Å²) in [5.74, 6) is -0.0554. The van der Waals surface area contributed by atoms with Crippen LogP contribution in [0, 0.1) is 17.0 Å². The molecule has 0 aliphatic heterocycles. The molecule has 22 heavy (non-hydrogen) atoms. The molecule has 0 spiro atoms. The number of carbonyl (C=O) groups is 1. The first-order chi connectivity index (χ1) is 10.0. The predicted octanol–water partition coefficient (Wildman–Crippen LogP) is -0.914. The maximum atomic E-state index is 12.3. The maximum Gasteiger partial charge on any atom is 0.311 e. The number of methoxy groups -OCH3 is 1. The number of benzene rings is 1. The Morgan fingerprint density at radius 1 is 1.32 bits per heavy atom. The van der Waals surface area contributed by atoms with E-state index in [4.69, 9.17) is 4.74 Å². The number of pyridine rings is 1. The van der Waals surface area contributed by atoms with Gasteiger partial charge in [0.25, 0.3) is 0 Å². The number of hydrogen-bond donors (Lipinski definition) is 0. The number of Topliss-reactive ketones (excluding diaryl/α,β-unsaturated/α-hetero) is 1. The number of carbonyl (C=O) groups excluding carboxylic acids is 1. The molecule has 2 rings (SSSR count). The molecule has 0 aliphatic carbocycles. The molecule has 1 aromatic heterocycles. The van der Waals surface area contributed by atoms with Crippen molar-refractivity contribution in [2.75, 3.05) is 7.11 Å². The lowest BCUT2D eigenvalue weighted by Crippen LogP contribution is -3.00. The molecule has 0 atom stereocenters. The molecule has 0 saturated heterocycles. The molecule has 0 saturated carbocycles. The van der Waals surface area contributed by atoms with E-state index in [0.717, 1.165) is 5.69 Å². The quantitative estimate of drug-likeness (QED) is 0.297. The van der Waals surface area contributed by atoms with Gasteiger partial charge in [0, 0.05) is 30.7 Å². The number of aromatic nitrogens is 1. The van der Waals surface area contributed by atoms with E-state index in [1.807, 2.05) is 25.1 Å². The third kappa shape index (κ3) is 3.88.